The van der Waals surface area contributed by atoms with Crippen LogP contribution >= 0.6 is 0 Å². The minimum atomic E-state index is -0.839. The molecule has 178 valence electrons. The number of rotatable bonds is 6. The Labute approximate surface area is 198 Å². The summed E-state index contributed by atoms with van der Waals surface area (Å²) in [7, 11) is 0. The van der Waals surface area contributed by atoms with E-state index in [1.165, 1.54) is 6.08 Å². The van der Waals surface area contributed by atoms with Crippen molar-refractivity contribution < 1.29 is 14.7 Å². The zero-order valence-electron chi connectivity index (χ0n) is 19.7. The molecule has 0 aliphatic carbocycles. The van der Waals surface area contributed by atoms with Gasteiger partial charge in [0.15, 0.2) is 5.65 Å². The van der Waals surface area contributed by atoms with Gasteiger partial charge in [0, 0.05) is 25.8 Å². The molecule has 1 aliphatic heterocycles. The Kier molecular flexibility index (Phi) is 6.39. The van der Waals surface area contributed by atoms with Gasteiger partial charge in [-0.15, -0.1) is 0 Å². The van der Waals surface area contributed by atoms with Crippen LogP contribution in [0.4, 0.5) is 5.82 Å². The lowest BCUT2D eigenvalue weighted by molar-refractivity contribution is -0.131. The Bertz CT molecular complexity index is 1210. The second kappa shape index (κ2) is 9.26. The first kappa shape index (κ1) is 23.4. The number of hydrogen-bond acceptors (Lipinski definition) is 6. The molecule has 0 unspecified atom stereocenters. The summed E-state index contributed by atoms with van der Waals surface area (Å²) in [6, 6.07) is 8.70. The van der Waals surface area contributed by atoms with E-state index >= 15 is 0 Å². The van der Waals surface area contributed by atoms with Crippen LogP contribution in [0, 0.1) is 0 Å². The number of carbonyl (C=O) groups excluding carboxylic acids is 2. The lowest BCUT2D eigenvalue weighted by atomic mass is 9.98. The number of benzene rings is 1. The molecule has 0 radical (unpaired) electrons. The molecule has 3 heterocycles. The molecule has 9 heteroatoms. The van der Waals surface area contributed by atoms with Crippen LogP contribution in [-0.2, 0) is 4.79 Å². The predicted octanol–water partition coefficient (Wildman–Crippen LogP) is 2.42. The van der Waals surface area contributed by atoms with E-state index in [4.69, 9.17) is 4.98 Å². The zero-order chi connectivity index (χ0) is 24.5. The van der Waals surface area contributed by atoms with Gasteiger partial charge in [-0.25, -0.2) is 9.97 Å². The average molecular weight is 463 g/mol. The fraction of sp³-hybridized carbons (Fsp3) is 0.360. The standard InChI is InChI=1S/C25H30N6O3/c1-5-20(32)31-12-11-30(15-25(31,3)4)19-14-27-23-21(29-19)18(13-26-23)24(34)28-16(2)22(33)17-9-7-6-8-10-17/h5-10,13-14,16,22,33H,1,11-12,15H2,2-4H3,(H,26,27)(H,28,34)/t16-,22-/m0/s1. The summed E-state index contributed by atoms with van der Waals surface area (Å²) in [5, 5.41) is 13.5. The SMILES string of the molecule is C=CC(=O)N1CCN(c2cnc3[nH]cc(C(=O)N[C@@H](C)[C@H](O)c4ccccc4)c3n2)CC1(C)C. The van der Waals surface area contributed by atoms with Crippen LogP contribution in [0.15, 0.2) is 55.4 Å². The minimum Gasteiger partial charge on any atom is -0.386 e. The number of nitrogens with zero attached hydrogens (tertiary/aromatic N) is 4. The average Bonchev–Trinajstić information content (AvgIpc) is 3.26. The van der Waals surface area contributed by atoms with Crippen LogP contribution in [0.5, 0.6) is 0 Å². The maximum Gasteiger partial charge on any atom is 0.255 e. The van der Waals surface area contributed by atoms with Crippen LogP contribution in [0.1, 0.15) is 42.8 Å². The molecule has 0 saturated carbocycles. The highest BCUT2D eigenvalue weighted by Crippen LogP contribution is 2.26. The van der Waals surface area contributed by atoms with Crippen LogP contribution in [0.25, 0.3) is 11.2 Å². The van der Waals surface area contributed by atoms with E-state index in [9.17, 15) is 14.7 Å². The van der Waals surface area contributed by atoms with Crippen molar-refractivity contribution >= 4 is 28.8 Å². The summed E-state index contributed by atoms with van der Waals surface area (Å²) in [5.41, 5.74) is 1.63. The van der Waals surface area contributed by atoms with Gasteiger partial charge in [0.05, 0.1) is 29.4 Å². The molecule has 3 N–H and O–H groups in total. The summed E-state index contributed by atoms with van der Waals surface area (Å²) in [6.45, 7) is 11.1. The van der Waals surface area contributed by atoms with Gasteiger partial charge >= 0.3 is 0 Å². The van der Waals surface area contributed by atoms with Crippen molar-refractivity contribution in [1.29, 1.82) is 0 Å². The first-order valence-corrected chi connectivity index (χ1v) is 11.3. The second-order valence-corrected chi connectivity index (χ2v) is 9.17. The molecule has 1 saturated heterocycles. The van der Waals surface area contributed by atoms with E-state index < -0.39 is 17.7 Å². The molecule has 3 aromatic rings. The monoisotopic (exact) mass is 462 g/mol. The number of aromatic nitrogens is 3. The fourth-order valence-electron chi connectivity index (χ4n) is 4.38. The number of amides is 2. The maximum atomic E-state index is 13.0. The molecule has 2 aromatic heterocycles. The predicted molar refractivity (Wildman–Crippen MR) is 130 cm³/mol. The summed E-state index contributed by atoms with van der Waals surface area (Å²) in [4.78, 5) is 41.3. The molecule has 1 fully saturated rings. The van der Waals surface area contributed by atoms with E-state index in [0.29, 0.717) is 42.2 Å². The van der Waals surface area contributed by atoms with Crippen molar-refractivity contribution in [2.45, 2.75) is 38.5 Å². The Hall–Kier alpha value is -3.72. The smallest absolute Gasteiger partial charge is 0.255 e. The Balaban J connectivity index is 1.53. The first-order chi connectivity index (χ1) is 16.2. The van der Waals surface area contributed by atoms with Crippen molar-refractivity contribution in [2.24, 2.45) is 0 Å². The highest BCUT2D eigenvalue weighted by Gasteiger charge is 2.36. The third-order valence-corrected chi connectivity index (χ3v) is 6.25. The Morgan fingerprint density at radius 1 is 1.26 bits per heavy atom. The molecule has 1 aliphatic rings. The quantitative estimate of drug-likeness (QED) is 0.485. The minimum absolute atomic E-state index is 0.0948. The largest absolute Gasteiger partial charge is 0.386 e. The zero-order valence-corrected chi connectivity index (χ0v) is 19.7. The van der Waals surface area contributed by atoms with E-state index in [2.05, 4.69) is 26.8 Å². The van der Waals surface area contributed by atoms with Crippen molar-refractivity contribution in [3.05, 3.63) is 66.5 Å². The normalized spacial score (nSPS) is 17.3. The Morgan fingerprint density at radius 2 is 2.00 bits per heavy atom. The highest BCUT2D eigenvalue weighted by molar-refractivity contribution is 6.04. The summed E-state index contributed by atoms with van der Waals surface area (Å²) in [5.74, 6) is 0.196. The van der Waals surface area contributed by atoms with Crippen molar-refractivity contribution in [3.63, 3.8) is 0 Å². The molecule has 34 heavy (non-hydrogen) atoms. The van der Waals surface area contributed by atoms with Crippen molar-refractivity contribution in [2.75, 3.05) is 24.5 Å². The molecule has 0 spiro atoms. The van der Waals surface area contributed by atoms with Gasteiger partial charge < -0.3 is 25.2 Å². The summed E-state index contributed by atoms with van der Waals surface area (Å²) in [6.07, 6.45) is 3.75. The first-order valence-electron chi connectivity index (χ1n) is 11.3. The van der Waals surface area contributed by atoms with Gasteiger partial charge in [0.25, 0.3) is 5.91 Å². The van der Waals surface area contributed by atoms with Gasteiger partial charge in [-0.3, -0.25) is 9.59 Å². The van der Waals surface area contributed by atoms with Crippen LogP contribution in [-0.4, -0.2) is 68.0 Å². The van der Waals surface area contributed by atoms with E-state index in [0.717, 1.165) is 5.56 Å². The third-order valence-electron chi connectivity index (χ3n) is 6.25. The second-order valence-electron chi connectivity index (χ2n) is 9.17. The number of fused-ring (bicyclic) bond motifs is 1. The van der Waals surface area contributed by atoms with Crippen LogP contribution in [0.2, 0.25) is 0 Å². The molecular weight excluding hydrogens is 432 g/mol. The lowest BCUT2D eigenvalue weighted by Crippen LogP contribution is -2.61. The van der Waals surface area contributed by atoms with Gasteiger partial charge in [0.2, 0.25) is 5.91 Å². The van der Waals surface area contributed by atoms with Gasteiger partial charge in [-0.2, -0.15) is 0 Å². The molecule has 0 bridgehead atoms. The van der Waals surface area contributed by atoms with E-state index in [1.807, 2.05) is 44.2 Å². The molecule has 2 amide bonds. The highest BCUT2D eigenvalue weighted by atomic mass is 16.3. The number of aliphatic hydroxyl groups excluding tert-OH is 1. The summed E-state index contributed by atoms with van der Waals surface area (Å²) >= 11 is 0. The molecule has 9 nitrogen and oxygen atoms in total. The topological polar surface area (TPSA) is 114 Å². The molecule has 4 rings (SSSR count). The third kappa shape index (κ3) is 4.51. The molecule has 2 atom stereocenters. The molecule has 1 aromatic carbocycles. The van der Waals surface area contributed by atoms with E-state index in [1.54, 1.807) is 24.2 Å². The number of piperazine rings is 1. The van der Waals surface area contributed by atoms with Crippen molar-refractivity contribution in [3.8, 4) is 0 Å². The number of nitrogens with one attached hydrogen (secondary N) is 2. The number of carbonyl (C=O) groups is 2. The van der Waals surface area contributed by atoms with Gasteiger partial charge in [0.1, 0.15) is 11.3 Å². The number of H-pyrrole nitrogens is 1. The van der Waals surface area contributed by atoms with Crippen molar-refractivity contribution in [1.82, 2.24) is 25.2 Å². The van der Waals surface area contributed by atoms with E-state index in [-0.39, 0.29) is 11.8 Å². The lowest BCUT2D eigenvalue weighted by Gasteiger charge is -2.47. The maximum absolute atomic E-state index is 13.0. The number of hydrogen-bond donors (Lipinski definition) is 3. The van der Waals surface area contributed by atoms with Gasteiger partial charge in [-0.05, 0) is 32.4 Å². The molecular formula is C25H30N6O3. The number of anilines is 1. The fourth-order valence-corrected chi connectivity index (χ4v) is 4.38. The number of aliphatic hydroxyl groups is 1. The van der Waals surface area contributed by atoms with Gasteiger partial charge in [-0.1, -0.05) is 36.9 Å². The Morgan fingerprint density at radius 3 is 2.68 bits per heavy atom. The number of aromatic amines is 1. The summed E-state index contributed by atoms with van der Waals surface area (Å²) < 4.78 is 0. The van der Waals surface area contributed by atoms with Crippen LogP contribution < -0.4 is 10.2 Å². The van der Waals surface area contributed by atoms with Crippen LogP contribution in [0.3, 0.4) is 0 Å².